The molecule has 4 atom stereocenters. The number of benzene rings is 2. The van der Waals surface area contributed by atoms with Crippen molar-refractivity contribution in [2.75, 3.05) is 33.4 Å². The van der Waals surface area contributed by atoms with Crippen molar-refractivity contribution in [2.24, 2.45) is 5.92 Å². The van der Waals surface area contributed by atoms with Crippen LogP contribution in [0, 0.1) is 12.8 Å². The molecule has 260 valence electrons. The van der Waals surface area contributed by atoms with Crippen LogP contribution in [0.15, 0.2) is 42.5 Å². The fraction of sp³-hybridized carbons (Fsp3) is 0.467. The van der Waals surface area contributed by atoms with E-state index in [0.29, 0.717) is 0 Å². The van der Waals surface area contributed by atoms with Crippen LogP contribution in [0.25, 0.3) is 0 Å². The van der Waals surface area contributed by atoms with E-state index in [2.05, 4.69) is 35.7 Å². The summed E-state index contributed by atoms with van der Waals surface area (Å²) >= 11 is 0. The zero-order chi connectivity index (χ0) is 35.0. The van der Waals surface area contributed by atoms with Gasteiger partial charge in [-0.15, -0.1) is 0 Å². The number of aliphatic hydroxyl groups is 1. The first-order chi connectivity index (χ1) is 22.3. The Morgan fingerprint density at radius 3 is 2.28 bits per heavy atom. The average Bonchev–Trinajstić information content (AvgIpc) is 3.02. The lowest BCUT2D eigenvalue weighted by molar-refractivity contribution is -0.132. The number of hydrogen-bond acceptors (Lipinski definition) is 10. The first-order valence-electron chi connectivity index (χ1n) is 14.8. The molecule has 0 spiro atoms. The van der Waals surface area contributed by atoms with Gasteiger partial charge in [-0.1, -0.05) is 53.6 Å². The number of carbonyl (C=O) groups excluding carboxylic acids is 4. The van der Waals surface area contributed by atoms with Gasteiger partial charge in [0, 0.05) is 18.5 Å². The van der Waals surface area contributed by atoms with Gasteiger partial charge in [-0.25, -0.2) is 4.57 Å². The molecule has 0 saturated carbocycles. The lowest BCUT2D eigenvalue weighted by Crippen LogP contribution is -2.56. The molecule has 2 rings (SSSR count). The monoisotopic (exact) mass is 697 g/mol. The van der Waals surface area contributed by atoms with Crippen LogP contribution in [0.3, 0.4) is 0 Å². The highest BCUT2D eigenvalue weighted by atomic mass is 31.2. The summed E-state index contributed by atoms with van der Waals surface area (Å²) in [4.78, 5) is 61.2. The molecule has 47 heavy (non-hydrogen) atoms. The van der Waals surface area contributed by atoms with Crippen molar-refractivity contribution in [3.63, 3.8) is 0 Å². The van der Waals surface area contributed by atoms with E-state index in [1.54, 1.807) is 19.1 Å². The minimum Gasteiger partial charge on any atom is -0.493 e. The highest BCUT2D eigenvalue weighted by Crippen LogP contribution is 2.48. The molecule has 0 bridgehead atoms. The molecule has 4 unspecified atom stereocenters. The first-order valence-corrected chi connectivity index (χ1v) is 16.9. The highest BCUT2D eigenvalue weighted by Gasteiger charge is 2.29. The van der Waals surface area contributed by atoms with E-state index >= 15 is 0 Å². The number of ether oxygens (including phenoxy) is 1. The number of aryl methyl sites for hydroxylation is 1. The molecule has 7 N–H and O–H groups in total. The SMILES string of the molecule is COc1cc(C)cc(CO)c1OP(=O)(O)OCCNC(=O)CNC(=O)C(CC(C)C)NC(=O)C(Cc1ccccc1)NC(=O)CNP. The fourth-order valence-electron chi connectivity index (χ4n) is 4.40. The summed E-state index contributed by atoms with van der Waals surface area (Å²) in [5.41, 5.74) is 1.77. The van der Waals surface area contributed by atoms with E-state index in [4.69, 9.17) is 13.8 Å². The van der Waals surface area contributed by atoms with Crippen molar-refractivity contribution in [3.05, 3.63) is 59.2 Å². The quantitative estimate of drug-likeness (QED) is 0.0762. The van der Waals surface area contributed by atoms with Gasteiger partial charge in [0.15, 0.2) is 11.5 Å². The van der Waals surface area contributed by atoms with E-state index in [0.717, 1.165) is 11.1 Å². The molecule has 4 amide bonds. The van der Waals surface area contributed by atoms with Gasteiger partial charge >= 0.3 is 7.82 Å². The minimum absolute atomic E-state index is 0.00485. The Balaban J connectivity index is 1.92. The third-order valence-electron chi connectivity index (χ3n) is 6.51. The van der Waals surface area contributed by atoms with E-state index in [1.807, 2.05) is 44.2 Å². The summed E-state index contributed by atoms with van der Waals surface area (Å²) in [7, 11) is -1.12. The second-order valence-corrected chi connectivity index (χ2v) is 12.7. The zero-order valence-corrected chi connectivity index (χ0v) is 29.0. The van der Waals surface area contributed by atoms with Crippen molar-refractivity contribution in [1.29, 1.82) is 0 Å². The van der Waals surface area contributed by atoms with Crippen molar-refractivity contribution in [1.82, 2.24) is 26.4 Å². The van der Waals surface area contributed by atoms with Gasteiger partial charge in [0.25, 0.3) is 0 Å². The number of nitrogens with one attached hydrogen (secondary N) is 5. The predicted molar refractivity (Wildman–Crippen MR) is 177 cm³/mol. The smallest absolute Gasteiger partial charge is 0.493 e. The summed E-state index contributed by atoms with van der Waals surface area (Å²) in [5, 5.41) is 22.6. The van der Waals surface area contributed by atoms with E-state index in [-0.39, 0.29) is 48.9 Å². The molecular weight excluding hydrogens is 652 g/mol. The van der Waals surface area contributed by atoms with Crippen LogP contribution < -0.4 is 35.6 Å². The Hall–Kier alpha value is -3.58. The van der Waals surface area contributed by atoms with Crippen molar-refractivity contribution >= 4 is 40.8 Å². The number of hydrogen-bond donors (Lipinski definition) is 7. The van der Waals surface area contributed by atoms with Gasteiger partial charge in [0.05, 0.1) is 33.4 Å². The second kappa shape index (κ2) is 19.9. The number of rotatable bonds is 20. The van der Waals surface area contributed by atoms with Crippen LogP contribution in [0.5, 0.6) is 11.5 Å². The molecule has 0 radical (unpaired) electrons. The molecule has 2 aromatic carbocycles. The maximum atomic E-state index is 13.3. The van der Waals surface area contributed by atoms with Crippen molar-refractivity contribution in [3.8, 4) is 11.5 Å². The summed E-state index contributed by atoms with van der Waals surface area (Å²) in [5.74, 6) is -2.19. The lowest BCUT2D eigenvalue weighted by atomic mass is 10.0. The van der Waals surface area contributed by atoms with Gasteiger partial charge < -0.3 is 35.6 Å². The molecule has 0 aromatic heterocycles. The topological polar surface area (TPSA) is 214 Å². The first kappa shape index (κ1) is 39.6. The maximum Gasteiger partial charge on any atom is 0.527 e. The van der Waals surface area contributed by atoms with E-state index in [1.165, 1.54) is 7.11 Å². The number of carbonyl (C=O) groups is 4. The number of amides is 4. The summed E-state index contributed by atoms with van der Waals surface area (Å²) < 4.78 is 27.7. The largest absolute Gasteiger partial charge is 0.527 e. The Bertz CT molecular complexity index is 1370. The Labute approximate surface area is 276 Å². The standard InChI is InChI=1S/C30H45N5O10P2/c1-19(2)12-23(35-30(40)24(34-27(38)17-33-46)15-21-8-6-5-7-9-21)29(39)32-16-26(37)31-10-11-44-47(41,42)45-28-22(18-36)13-20(3)14-25(28)43-4/h5-9,13-14,19,23-24,33,36H,10-12,15-18,46H2,1-4H3,(H,31,37)(H,32,39)(H,34,38)(H,35,40)(H,41,42). The molecule has 0 heterocycles. The predicted octanol–water partition coefficient (Wildman–Crippen LogP) is 0.862. The van der Waals surface area contributed by atoms with Crippen molar-refractivity contribution < 1.29 is 47.5 Å². The number of phosphoric ester groups is 1. The zero-order valence-electron chi connectivity index (χ0n) is 26.9. The van der Waals surface area contributed by atoms with Gasteiger partial charge in [-0.2, -0.15) is 0 Å². The molecular formula is C30H45N5O10P2. The van der Waals surface area contributed by atoms with Crippen LogP contribution in [0.4, 0.5) is 0 Å². The van der Waals surface area contributed by atoms with Crippen LogP contribution >= 0.6 is 17.2 Å². The number of aliphatic hydroxyl groups excluding tert-OH is 1. The summed E-state index contributed by atoms with van der Waals surface area (Å²) in [6.07, 6.45) is 0.463. The molecule has 15 nitrogen and oxygen atoms in total. The normalized spacial score (nSPS) is 13.5. The van der Waals surface area contributed by atoms with Crippen molar-refractivity contribution in [2.45, 2.75) is 52.3 Å². The molecule has 0 aliphatic carbocycles. The third-order valence-corrected chi connectivity index (χ3v) is 7.64. The van der Waals surface area contributed by atoms with Gasteiger partial charge in [0.1, 0.15) is 12.1 Å². The van der Waals surface area contributed by atoms with Crippen LogP contribution in [-0.2, 0) is 41.3 Å². The molecule has 0 aliphatic rings. The second-order valence-electron chi connectivity index (χ2n) is 11.0. The lowest BCUT2D eigenvalue weighted by Gasteiger charge is -2.24. The summed E-state index contributed by atoms with van der Waals surface area (Å²) in [6, 6.07) is 10.3. The van der Waals surface area contributed by atoms with E-state index < -0.39 is 63.3 Å². The van der Waals surface area contributed by atoms with Gasteiger partial charge in [-0.05, 0) is 42.5 Å². The Morgan fingerprint density at radius 2 is 1.66 bits per heavy atom. The molecule has 17 heteroatoms. The molecule has 0 fully saturated rings. The minimum atomic E-state index is -4.67. The fourth-order valence-corrected chi connectivity index (χ4v) is 5.40. The van der Waals surface area contributed by atoms with Crippen LogP contribution in [0.1, 0.15) is 37.0 Å². The molecule has 2 aromatic rings. The number of methoxy groups -OCH3 is 1. The van der Waals surface area contributed by atoms with Gasteiger partial charge in [-0.3, -0.25) is 33.7 Å². The maximum absolute atomic E-state index is 13.3. The highest BCUT2D eigenvalue weighted by molar-refractivity contribution is 7.47. The Kier molecular flexibility index (Phi) is 16.8. The average molecular weight is 698 g/mol. The molecule has 0 saturated heterocycles. The van der Waals surface area contributed by atoms with Gasteiger partial charge in [0.2, 0.25) is 23.6 Å². The third kappa shape index (κ3) is 14.4. The number of phosphoric acid groups is 1. The van der Waals surface area contributed by atoms with Crippen LogP contribution in [-0.4, -0.2) is 79.1 Å². The van der Waals surface area contributed by atoms with Crippen LogP contribution in [0.2, 0.25) is 0 Å². The summed E-state index contributed by atoms with van der Waals surface area (Å²) in [6.45, 7) is 3.93. The molecule has 0 aliphatic heterocycles. The van der Waals surface area contributed by atoms with E-state index in [9.17, 15) is 33.7 Å². The Morgan fingerprint density at radius 1 is 0.957 bits per heavy atom.